The fourth-order valence-corrected chi connectivity index (χ4v) is 5.64. The Morgan fingerprint density at radius 1 is 0.971 bits per heavy atom. The lowest BCUT2D eigenvalue weighted by molar-refractivity contribution is -0.121. The van der Waals surface area contributed by atoms with Gasteiger partial charge in [-0.1, -0.05) is 35.9 Å². The first kappa shape index (κ1) is 24.3. The molecule has 2 aromatic carbocycles. The molecule has 0 fully saturated rings. The average molecular weight is 492 g/mol. The molecule has 8 nitrogen and oxygen atoms in total. The second kappa shape index (κ2) is 10.2. The number of hydrogen-bond donors (Lipinski definition) is 1. The first-order valence-corrected chi connectivity index (χ1v) is 12.8. The maximum atomic E-state index is 13.4. The number of fused-ring (bicyclic) bond motifs is 1. The maximum absolute atomic E-state index is 13.4. The van der Waals surface area contributed by atoms with E-state index in [0.29, 0.717) is 16.7 Å². The normalized spacial score (nSPS) is 14.0. The number of imide groups is 1. The summed E-state index contributed by atoms with van der Waals surface area (Å²) in [5, 5.41) is 1.68. The Kier molecular flexibility index (Phi) is 7.07. The highest BCUT2D eigenvalue weighted by Crippen LogP contribution is 2.28. The topological polar surface area (TPSA) is 114 Å². The summed E-state index contributed by atoms with van der Waals surface area (Å²) in [6.45, 7) is 1.85. The van der Waals surface area contributed by atoms with E-state index in [-0.39, 0.29) is 48.5 Å². The number of carbonyl (C=O) groups is 3. The number of carbonyl (C=O) groups excluding carboxylic acids is 3. The molecule has 0 radical (unpaired) electrons. The first-order valence-electron chi connectivity index (χ1n) is 11.2. The molecular formula is C26H25N3O5S. The van der Waals surface area contributed by atoms with Gasteiger partial charge < -0.3 is 5.32 Å². The fourth-order valence-electron chi connectivity index (χ4n) is 4.00. The third kappa shape index (κ3) is 5.14. The molecule has 1 aromatic heterocycles. The van der Waals surface area contributed by atoms with E-state index in [2.05, 4.69) is 10.3 Å². The number of sulfone groups is 1. The molecule has 3 amide bonds. The molecule has 0 spiro atoms. The molecule has 0 aliphatic carbocycles. The Bertz CT molecular complexity index is 1320. The molecule has 1 aliphatic rings. The van der Waals surface area contributed by atoms with Crippen molar-refractivity contribution in [3.05, 3.63) is 95.3 Å². The summed E-state index contributed by atoms with van der Waals surface area (Å²) in [5.41, 5.74) is 2.14. The molecule has 180 valence electrons. The summed E-state index contributed by atoms with van der Waals surface area (Å²) < 4.78 is 26.7. The molecule has 0 bridgehead atoms. The summed E-state index contributed by atoms with van der Waals surface area (Å²) in [5.74, 6) is -1.10. The second-order valence-electron chi connectivity index (χ2n) is 8.35. The highest BCUT2D eigenvalue weighted by molar-refractivity contribution is 7.91. The smallest absolute Gasteiger partial charge is 0.261 e. The van der Waals surface area contributed by atoms with Crippen molar-refractivity contribution >= 4 is 27.6 Å². The van der Waals surface area contributed by atoms with E-state index in [0.717, 1.165) is 10.5 Å². The SMILES string of the molecule is Cc1ccc(S(=O)(=O)C(CNC(=O)CCCN2C(=O)c3ccccc3C2=O)c2cccnc2)cc1. The number of benzene rings is 2. The van der Waals surface area contributed by atoms with Gasteiger partial charge in [0.1, 0.15) is 5.25 Å². The molecule has 1 unspecified atom stereocenters. The zero-order chi connectivity index (χ0) is 25.0. The van der Waals surface area contributed by atoms with Gasteiger partial charge in [0.15, 0.2) is 9.84 Å². The minimum atomic E-state index is -3.80. The molecule has 35 heavy (non-hydrogen) atoms. The summed E-state index contributed by atoms with van der Waals surface area (Å²) in [4.78, 5) is 42.8. The van der Waals surface area contributed by atoms with Gasteiger partial charge in [-0.3, -0.25) is 24.3 Å². The van der Waals surface area contributed by atoms with Crippen LogP contribution in [0, 0.1) is 6.92 Å². The van der Waals surface area contributed by atoms with Crippen molar-refractivity contribution in [1.29, 1.82) is 0 Å². The Morgan fingerprint density at radius 2 is 1.63 bits per heavy atom. The fraction of sp³-hybridized carbons (Fsp3) is 0.231. The largest absolute Gasteiger partial charge is 0.354 e. The van der Waals surface area contributed by atoms with Gasteiger partial charge in [0.2, 0.25) is 5.91 Å². The van der Waals surface area contributed by atoms with Gasteiger partial charge in [-0.05, 0) is 49.2 Å². The number of pyridine rings is 1. The van der Waals surface area contributed by atoms with E-state index in [9.17, 15) is 22.8 Å². The quantitative estimate of drug-likeness (QED) is 0.460. The third-order valence-corrected chi connectivity index (χ3v) is 8.05. The molecule has 3 aromatic rings. The zero-order valence-corrected chi connectivity index (χ0v) is 20.0. The predicted octanol–water partition coefficient (Wildman–Crippen LogP) is 3.10. The van der Waals surface area contributed by atoms with Crippen LogP contribution >= 0.6 is 0 Å². The molecule has 2 heterocycles. The lowest BCUT2D eigenvalue weighted by Gasteiger charge is -2.19. The van der Waals surface area contributed by atoms with Crippen LogP contribution in [0.3, 0.4) is 0 Å². The van der Waals surface area contributed by atoms with Crippen LogP contribution < -0.4 is 5.32 Å². The van der Waals surface area contributed by atoms with Crippen LogP contribution in [0.2, 0.25) is 0 Å². The Hall–Kier alpha value is -3.85. The predicted molar refractivity (Wildman–Crippen MR) is 129 cm³/mol. The molecule has 0 saturated heterocycles. The van der Waals surface area contributed by atoms with Crippen molar-refractivity contribution in [3.63, 3.8) is 0 Å². The van der Waals surface area contributed by atoms with Crippen molar-refractivity contribution in [2.24, 2.45) is 0 Å². The van der Waals surface area contributed by atoms with E-state index in [1.165, 1.54) is 6.20 Å². The van der Waals surface area contributed by atoms with E-state index in [4.69, 9.17) is 0 Å². The van der Waals surface area contributed by atoms with Crippen LogP contribution in [0.5, 0.6) is 0 Å². The second-order valence-corrected chi connectivity index (χ2v) is 10.5. The summed E-state index contributed by atoms with van der Waals surface area (Å²) in [7, 11) is -3.80. The summed E-state index contributed by atoms with van der Waals surface area (Å²) >= 11 is 0. The van der Waals surface area contributed by atoms with Crippen LogP contribution in [0.1, 0.15) is 49.9 Å². The van der Waals surface area contributed by atoms with E-state index in [1.807, 2.05) is 6.92 Å². The Morgan fingerprint density at radius 3 is 2.23 bits per heavy atom. The van der Waals surface area contributed by atoms with Crippen LogP contribution in [-0.2, 0) is 14.6 Å². The van der Waals surface area contributed by atoms with Crippen LogP contribution in [-0.4, -0.2) is 49.1 Å². The number of aryl methyl sites for hydroxylation is 1. The van der Waals surface area contributed by atoms with Crippen molar-refractivity contribution in [1.82, 2.24) is 15.2 Å². The van der Waals surface area contributed by atoms with Gasteiger partial charge >= 0.3 is 0 Å². The van der Waals surface area contributed by atoms with Crippen molar-refractivity contribution in [2.45, 2.75) is 29.9 Å². The highest BCUT2D eigenvalue weighted by atomic mass is 32.2. The van der Waals surface area contributed by atoms with Gasteiger partial charge in [-0.25, -0.2) is 8.42 Å². The third-order valence-electron chi connectivity index (χ3n) is 5.93. The van der Waals surface area contributed by atoms with E-state index < -0.39 is 15.1 Å². The molecule has 1 atom stereocenters. The summed E-state index contributed by atoms with van der Waals surface area (Å²) in [6, 6.07) is 16.5. The van der Waals surface area contributed by atoms with Gasteiger partial charge in [0.25, 0.3) is 11.8 Å². The van der Waals surface area contributed by atoms with Gasteiger partial charge in [0.05, 0.1) is 16.0 Å². The van der Waals surface area contributed by atoms with Crippen molar-refractivity contribution in [2.75, 3.05) is 13.1 Å². The number of amides is 3. The van der Waals surface area contributed by atoms with Crippen LogP contribution in [0.25, 0.3) is 0 Å². The number of rotatable bonds is 9. The molecule has 1 N–H and O–H groups in total. The van der Waals surface area contributed by atoms with Gasteiger partial charge in [-0.2, -0.15) is 0 Å². The van der Waals surface area contributed by atoms with Gasteiger partial charge in [-0.15, -0.1) is 0 Å². The maximum Gasteiger partial charge on any atom is 0.261 e. The summed E-state index contributed by atoms with van der Waals surface area (Å²) in [6.07, 6.45) is 3.33. The molecule has 9 heteroatoms. The lowest BCUT2D eigenvalue weighted by Crippen LogP contribution is -2.34. The zero-order valence-electron chi connectivity index (χ0n) is 19.2. The number of nitrogens with zero attached hydrogens (tertiary/aromatic N) is 2. The van der Waals surface area contributed by atoms with E-state index in [1.54, 1.807) is 66.9 Å². The van der Waals surface area contributed by atoms with E-state index >= 15 is 0 Å². The average Bonchev–Trinajstić information content (AvgIpc) is 3.10. The minimum absolute atomic E-state index is 0.0394. The number of hydrogen-bond acceptors (Lipinski definition) is 6. The Labute approximate surface area is 203 Å². The number of nitrogens with one attached hydrogen (secondary N) is 1. The molecular weight excluding hydrogens is 466 g/mol. The number of aromatic nitrogens is 1. The standard InChI is InChI=1S/C26H25N3O5S/c1-18-10-12-20(13-11-18)35(33,34)23(19-6-4-14-27-16-19)17-28-24(30)9-5-15-29-25(31)21-7-2-3-8-22(21)26(29)32/h2-4,6-8,10-14,16,23H,5,9,15,17H2,1H3,(H,28,30). The first-order chi connectivity index (χ1) is 16.8. The minimum Gasteiger partial charge on any atom is -0.354 e. The lowest BCUT2D eigenvalue weighted by atomic mass is 10.1. The molecule has 4 rings (SSSR count). The monoisotopic (exact) mass is 491 g/mol. The van der Waals surface area contributed by atoms with Crippen molar-refractivity contribution < 1.29 is 22.8 Å². The molecule has 0 saturated carbocycles. The van der Waals surface area contributed by atoms with Crippen molar-refractivity contribution in [3.8, 4) is 0 Å². The Balaban J connectivity index is 1.39. The van der Waals surface area contributed by atoms with Crippen LogP contribution in [0.15, 0.2) is 78.0 Å². The molecule has 1 aliphatic heterocycles. The van der Waals surface area contributed by atoms with Crippen LogP contribution in [0.4, 0.5) is 0 Å². The highest BCUT2D eigenvalue weighted by Gasteiger charge is 2.34. The van der Waals surface area contributed by atoms with Gasteiger partial charge in [0, 0.05) is 31.9 Å².